The average molecular weight is 357 g/mol. The first kappa shape index (κ1) is 19.2. The molecule has 6 heteroatoms. The van der Waals surface area contributed by atoms with E-state index >= 15 is 0 Å². The number of hydrogen-bond acceptors (Lipinski definition) is 5. The standard InChI is InChI=1S/C20H23NO5/c1-13(22)21-18-15(9-6-14-7-10-16(23-2)11-8-14)12-17(24-3)19(25-4)20(18)26-5/h6-12H,1-5H3,(H,21,22). The fraction of sp³-hybridized carbons (Fsp3) is 0.250. The van der Waals surface area contributed by atoms with Gasteiger partial charge in [0.1, 0.15) is 5.75 Å². The van der Waals surface area contributed by atoms with Crippen molar-refractivity contribution in [1.82, 2.24) is 0 Å². The second-order valence-electron chi connectivity index (χ2n) is 5.40. The molecule has 2 aromatic rings. The Balaban J connectivity index is 2.53. The summed E-state index contributed by atoms with van der Waals surface area (Å²) in [5, 5.41) is 2.80. The van der Waals surface area contributed by atoms with E-state index in [4.69, 9.17) is 18.9 Å². The highest BCUT2D eigenvalue weighted by molar-refractivity contribution is 5.96. The Morgan fingerprint density at radius 3 is 2.04 bits per heavy atom. The maximum absolute atomic E-state index is 11.7. The summed E-state index contributed by atoms with van der Waals surface area (Å²) in [7, 11) is 6.21. The van der Waals surface area contributed by atoms with Gasteiger partial charge in [0.25, 0.3) is 0 Å². The van der Waals surface area contributed by atoms with Crippen molar-refractivity contribution in [2.45, 2.75) is 6.92 Å². The lowest BCUT2D eigenvalue weighted by Crippen LogP contribution is -2.10. The molecule has 1 N–H and O–H groups in total. The average Bonchev–Trinajstić information content (AvgIpc) is 2.66. The van der Waals surface area contributed by atoms with Crippen molar-refractivity contribution >= 4 is 23.7 Å². The van der Waals surface area contributed by atoms with Crippen LogP contribution < -0.4 is 24.3 Å². The molecular weight excluding hydrogens is 334 g/mol. The van der Waals surface area contributed by atoms with Crippen molar-refractivity contribution in [3.63, 3.8) is 0 Å². The molecule has 0 spiro atoms. The van der Waals surface area contributed by atoms with Gasteiger partial charge in [-0.1, -0.05) is 24.3 Å². The van der Waals surface area contributed by atoms with E-state index < -0.39 is 0 Å². The molecule has 0 fully saturated rings. The quantitative estimate of drug-likeness (QED) is 0.763. The van der Waals surface area contributed by atoms with E-state index in [9.17, 15) is 4.79 Å². The van der Waals surface area contributed by atoms with E-state index in [-0.39, 0.29) is 5.91 Å². The van der Waals surface area contributed by atoms with E-state index in [0.717, 1.165) is 16.9 Å². The lowest BCUT2D eigenvalue weighted by atomic mass is 10.1. The maximum atomic E-state index is 11.7. The first-order chi connectivity index (χ1) is 12.5. The van der Waals surface area contributed by atoms with Crippen LogP contribution in [0.1, 0.15) is 18.1 Å². The van der Waals surface area contributed by atoms with E-state index in [0.29, 0.717) is 22.9 Å². The number of hydrogen-bond donors (Lipinski definition) is 1. The minimum atomic E-state index is -0.213. The molecule has 26 heavy (non-hydrogen) atoms. The highest BCUT2D eigenvalue weighted by atomic mass is 16.5. The van der Waals surface area contributed by atoms with Crippen LogP contribution in [0.2, 0.25) is 0 Å². The highest BCUT2D eigenvalue weighted by Crippen LogP contribution is 2.45. The van der Waals surface area contributed by atoms with Gasteiger partial charge >= 0.3 is 0 Å². The van der Waals surface area contributed by atoms with E-state index in [1.807, 2.05) is 36.4 Å². The van der Waals surface area contributed by atoms with Crippen molar-refractivity contribution in [1.29, 1.82) is 0 Å². The zero-order chi connectivity index (χ0) is 19.1. The lowest BCUT2D eigenvalue weighted by molar-refractivity contribution is -0.114. The number of benzene rings is 2. The SMILES string of the molecule is COc1ccc(C=Cc2cc(OC)c(OC)c(OC)c2NC(C)=O)cc1. The van der Waals surface area contributed by atoms with Crippen LogP contribution in [0, 0.1) is 0 Å². The van der Waals surface area contributed by atoms with Gasteiger partial charge in [-0.15, -0.1) is 0 Å². The van der Waals surface area contributed by atoms with Crippen LogP contribution in [0.3, 0.4) is 0 Å². The molecule has 0 atom stereocenters. The summed E-state index contributed by atoms with van der Waals surface area (Å²) in [5.41, 5.74) is 2.22. The summed E-state index contributed by atoms with van der Waals surface area (Å²) in [6, 6.07) is 9.41. The number of rotatable bonds is 7. The van der Waals surface area contributed by atoms with Crippen molar-refractivity contribution in [3.05, 3.63) is 41.5 Å². The van der Waals surface area contributed by atoms with Crippen molar-refractivity contribution in [3.8, 4) is 23.0 Å². The molecule has 0 unspecified atom stereocenters. The van der Waals surface area contributed by atoms with Gasteiger partial charge in [-0.05, 0) is 23.8 Å². The summed E-state index contributed by atoms with van der Waals surface area (Å²) in [6.07, 6.45) is 3.79. The van der Waals surface area contributed by atoms with Crippen molar-refractivity contribution in [2.75, 3.05) is 33.8 Å². The molecule has 2 rings (SSSR count). The normalized spacial score (nSPS) is 10.5. The Morgan fingerprint density at radius 2 is 1.54 bits per heavy atom. The van der Waals surface area contributed by atoms with Gasteiger partial charge in [-0.25, -0.2) is 0 Å². The number of carbonyl (C=O) groups is 1. The van der Waals surface area contributed by atoms with Crippen LogP contribution in [-0.4, -0.2) is 34.3 Å². The molecular formula is C20H23NO5. The van der Waals surface area contributed by atoms with Gasteiger partial charge in [-0.2, -0.15) is 0 Å². The van der Waals surface area contributed by atoms with Crippen LogP contribution in [0.15, 0.2) is 30.3 Å². The number of ether oxygens (including phenoxy) is 4. The van der Waals surface area contributed by atoms with E-state index in [1.165, 1.54) is 21.1 Å². The van der Waals surface area contributed by atoms with Crippen LogP contribution in [0.5, 0.6) is 23.0 Å². The second-order valence-corrected chi connectivity index (χ2v) is 5.40. The minimum absolute atomic E-state index is 0.213. The largest absolute Gasteiger partial charge is 0.497 e. The van der Waals surface area contributed by atoms with Gasteiger partial charge in [0.2, 0.25) is 11.7 Å². The third kappa shape index (κ3) is 4.27. The number of methoxy groups -OCH3 is 4. The monoisotopic (exact) mass is 357 g/mol. The molecule has 0 bridgehead atoms. The Labute approximate surface area is 153 Å². The lowest BCUT2D eigenvalue weighted by Gasteiger charge is -2.18. The number of nitrogens with one attached hydrogen (secondary N) is 1. The summed E-state index contributed by atoms with van der Waals surface area (Å²) in [4.78, 5) is 11.7. The Bertz CT molecular complexity index is 797. The number of carbonyl (C=O) groups excluding carboxylic acids is 1. The minimum Gasteiger partial charge on any atom is -0.497 e. The molecule has 0 aromatic heterocycles. The number of anilines is 1. The van der Waals surface area contributed by atoms with Gasteiger partial charge in [0.05, 0.1) is 34.1 Å². The summed E-state index contributed by atoms with van der Waals surface area (Å²) in [5.74, 6) is 1.90. The molecule has 138 valence electrons. The first-order valence-electron chi connectivity index (χ1n) is 7.96. The Morgan fingerprint density at radius 1 is 0.885 bits per heavy atom. The summed E-state index contributed by atoms with van der Waals surface area (Å²) >= 11 is 0. The molecule has 0 saturated heterocycles. The third-order valence-corrected chi connectivity index (χ3v) is 3.73. The predicted octanol–water partition coefficient (Wildman–Crippen LogP) is 3.85. The molecule has 1 amide bonds. The predicted molar refractivity (Wildman–Crippen MR) is 102 cm³/mol. The van der Waals surface area contributed by atoms with Gasteiger partial charge in [0.15, 0.2) is 11.5 Å². The van der Waals surface area contributed by atoms with E-state index in [1.54, 1.807) is 20.3 Å². The molecule has 0 aliphatic carbocycles. The zero-order valence-electron chi connectivity index (χ0n) is 15.6. The first-order valence-corrected chi connectivity index (χ1v) is 7.96. The fourth-order valence-electron chi connectivity index (χ4n) is 2.51. The van der Waals surface area contributed by atoms with Gasteiger partial charge < -0.3 is 24.3 Å². The smallest absolute Gasteiger partial charge is 0.221 e. The van der Waals surface area contributed by atoms with Crippen LogP contribution in [0.4, 0.5) is 5.69 Å². The molecule has 0 aliphatic rings. The van der Waals surface area contributed by atoms with Crippen molar-refractivity contribution in [2.24, 2.45) is 0 Å². The molecule has 0 saturated carbocycles. The second kappa shape index (κ2) is 8.80. The highest BCUT2D eigenvalue weighted by Gasteiger charge is 2.20. The van der Waals surface area contributed by atoms with Crippen LogP contribution in [-0.2, 0) is 4.79 Å². The molecule has 0 heterocycles. The van der Waals surface area contributed by atoms with E-state index in [2.05, 4.69) is 5.32 Å². The summed E-state index contributed by atoms with van der Waals surface area (Å²) < 4.78 is 21.4. The fourth-order valence-corrected chi connectivity index (χ4v) is 2.51. The Hall–Kier alpha value is -3.15. The van der Waals surface area contributed by atoms with Gasteiger partial charge in [0, 0.05) is 12.5 Å². The third-order valence-electron chi connectivity index (χ3n) is 3.73. The molecule has 0 radical (unpaired) electrons. The van der Waals surface area contributed by atoms with Crippen LogP contribution >= 0.6 is 0 Å². The molecule has 0 aliphatic heterocycles. The summed E-state index contributed by atoms with van der Waals surface area (Å²) in [6.45, 7) is 1.44. The van der Waals surface area contributed by atoms with Crippen molar-refractivity contribution < 1.29 is 23.7 Å². The number of amides is 1. The van der Waals surface area contributed by atoms with Crippen LogP contribution in [0.25, 0.3) is 12.2 Å². The molecule has 2 aromatic carbocycles. The zero-order valence-corrected chi connectivity index (χ0v) is 15.6. The topological polar surface area (TPSA) is 66.0 Å². The molecule has 6 nitrogen and oxygen atoms in total. The van der Waals surface area contributed by atoms with Gasteiger partial charge in [-0.3, -0.25) is 4.79 Å². The maximum Gasteiger partial charge on any atom is 0.221 e. The Kier molecular flexibility index (Phi) is 6.49.